The molecule has 3 aromatic heterocycles. The van der Waals surface area contributed by atoms with E-state index < -0.39 is 12.2 Å². The van der Waals surface area contributed by atoms with Gasteiger partial charge in [0.15, 0.2) is 5.82 Å². The standard InChI is InChI=1S/C15H22N2.C13H10ClF2N7/c1-10-8-11(2)15(16-4)14(9-10)12(3)17-13-6-5-7-13;1-2-9-6-8(7-22-20-12(11(15)16)18-21-22)19-23(9)13-10(14)4-3-5-17-13/h8-9,13,16-17H,3,5-7H2,1-2,4H3;2-6,11H,1,7H2. The zero-order valence-corrected chi connectivity index (χ0v) is 23.5. The fraction of sp³-hybridized carbons (Fsp3) is 0.321. The fourth-order valence-corrected chi connectivity index (χ4v) is 4.54. The van der Waals surface area contributed by atoms with Crippen molar-refractivity contribution in [1.82, 2.24) is 40.3 Å². The van der Waals surface area contributed by atoms with Crippen molar-refractivity contribution >= 4 is 29.1 Å². The number of alkyl halides is 2. The number of nitrogens with zero attached hydrogens (tertiary/aromatic N) is 7. The first-order valence-electron chi connectivity index (χ1n) is 12.8. The molecule has 4 aromatic rings. The zero-order valence-electron chi connectivity index (χ0n) is 22.7. The minimum atomic E-state index is -2.77. The van der Waals surface area contributed by atoms with Crippen LogP contribution in [0.5, 0.6) is 0 Å². The lowest BCUT2D eigenvalue weighted by Gasteiger charge is -2.29. The van der Waals surface area contributed by atoms with Gasteiger partial charge >= 0.3 is 6.43 Å². The van der Waals surface area contributed by atoms with Crippen LogP contribution in [0.3, 0.4) is 0 Å². The van der Waals surface area contributed by atoms with E-state index in [0.29, 0.717) is 28.3 Å². The van der Waals surface area contributed by atoms with Gasteiger partial charge in [-0.15, -0.1) is 10.2 Å². The number of halogens is 3. The Morgan fingerprint density at radius 2 is 2.00 bits per heavy atom. The number of anilines is 1. The van der Waals surface area contributed by atoms with Crippen molar-refractivity contribution in [3.8, 4) is 5.82 Å². The third-order valence-electron chi connectivity index (χ3n) is 6.44. The number of benzene rings is 1. The molecule has 1 aromatic carbocycles. The van der Waals surface area contributed by atoms with E-state index in [1.165, 1.54) is 46.3 Å². The Kier molecular flexibility index (Phi) is 9.26. The van der Waals surface area contributed by atoms with E-state index in [-0.39, 0.29) is 6.54 Å². The Bertz CT molecular complexity index is 1490. The lowest BCUT2D eigenvalue weighted by Crippen LogP contribution is -2.33. The summed E-state index contributed by atoms with van der Waals surface area (Å²) in [6, 6.07) is 10.1. The largest absolute Gasteiger partial charge is 0.387 e. The molecule has 0 amide bonds. The van der Waals surface area contributed by atoms with Gasteiger partial charge in [0.05, 0.1) is 16.4 Å². The molecule has 0 atom stereocenters. The van der Waals surface area contributed by atoms with E-state index in [1.807, 2.05) is 7.05 Å². The molecule has 0 radical (unpaired) electrons. The number of aromatic nitrogens is 7. The molecule has 3 heterocycles. The predicted molar refractivity (Wildman–Crippen MR) is 154 cm³/mol. The second kappa shape index (κ2) is 12.8. The molecule has 5 rings (SSSR count). The maximum atomic E-state index is 12.5. The van der Waals surface area contributed by atoms with Crippen molar-refractivity contribution in [1.29, 1.82) is 0 Å². The first-order chi connectivity index (χ1) is 19.2. The number of hydrogen-bond acceptors (Lipinski definition) is 7. The summed E-state index contributed by atoms with van der Waals surface area (Å²) in [4.78, 5) is 5.22. The Labute approximate surface area is 237 Å². The molecule has 0 bridgehead atoms. The number of tetrazole rings is 1. The van der Waals surface area contributed by atoms with E-state index >= 15 is 0 Å². The van der Waals surface area contributed by atoms with Crippen LogP contribution < -0.4 is 10.6 Å². The highest BCUT2D eigenvalue weighted by atomic mass is 35.5. The third-order valence-corrected chi connectivity index (χ3v) is 6.74. The maximum absolute atomic E-state index is 12.5. The summed E-state index contributed by atoms with van der Waals surface area (Å²) in [5.41, 5.74) is 7.18. The molecule has 40 heavy (non-hydrogen) atoms. The van der Waals surface area contributed by atoms with Crippen LogP contribution >= 0.6 is 11.6 Å². The van der Waals surface area contributed by atoms with E-state index in [0.717, 1.165) is 10.5 Å². The van der Waals surface area contributed by atoms with Crippen LogP contribution in [0.1, 0.15) is 59.6 Å². The summed E-state index contributed by atoms with van der Waals surface area (Å²) < 4.78 is 26.5. The number of nitrogens with one attached hydrogen (secondary N) is 2. The van der Waals surface area contributed by atoms with Crippen LogP contribution in [-0.2, 0) is 6.54 Å². The number of hydrogen-bond donors (Lipinski definition) is 2. The van der Waals surface area contributed by atoms with Crippen LogP contribution in [0, 0.1) is 13.8 Å². The Morgan fingerprint density at radius 1 is 1.23 bits per heavy atom. The van der Waals surface area contributed by atoms with Gasteiger partial charge in [0.1, 0.15) is 6.54 Å². The number of aryl methyl sites for hydroxylation is 2. The van der Waals surface area contributed by atoms with Gasteiger partial charge in [-0.3, -0.25) is 0 Å². The topological polar surface area (TPSA) is 98.4 Å². The van der Waals surface area contributed by atoms with Crippen molar-refractivity contribution in [2.75, 3.05) is 12.4 Å². The van der Waals surface area contributed by atoms with Crippen molar-refractivity contribution < 1.29 is 8.78 Å². The maximum Gasteiger partial charge on any atom is 0.301 e. The smallest absolute Gasteiger partial charge is 0.301 e. The monoisotopic (exact) mass is 567 g/mol. The molecule has 0 saturated heterocycles. The van der Waals surface area contributed by atoms with Crippen molar-refractivity contribution in [3.05, 3.63) is 88.6 Å². The van der Waals surface area contributed by atoms with Gasteiger partial charge in [0, 0.05) is 36.2 Å². The van der Waals surface area contributed by atoms with E-state index in [2.05, 4.69) is 75.3 Å². The van der Waals surface area contributed by atoms with Gasteiger partial charge in [-0.25, -0.2) is 18.4 Å². The number of rotatable bonds is 9. The highest BCUT2D eigenvalue weighted by molar-refractivity contribution is 6.32. The van der Waals surface area contributed by atoms with Gasteiger partial charge in [-0.1, -0.05) is 36.4 Å². The molecule has 12 heteroatoms. The molecule has 0 unspecified atom stereocenters. The van der Waals surface area contributed by atoms with Crippen molar-refractivity contribution in [2.45, 2.75) is 52.1 Å². The summed E-state index contributed by atoms with van der Waals surface area (Å²) in [5.74, 6) is -0.184. The van der Waals surface area contributed by atoms with Crippen LogP contribution in [0.2, 0.25) is 5.02 Å². The van der Waals surface area contributed by atoms with Crippen LogP contribution in [0.25, 0.3) is 17.6 Å². The average molecular weight is 568 g/mol. The molecule has 0 aliphatic heterocycles. The molecular formula is C28H32ClF2N9. The Morgan fingerprint density at radius 3 is 2.60 bits per heavy atom. The highest BCUT2D eigenvalue weighted by Gasteiger charge is 2.19. The van der Waals surface area contributed by atoms with Crippen LogP contribution in [0.15, 0.2) is 49.7 Å². The molecule has 1 fully saturated rings. The van der Waals surface area contributed by atoms with Gasteiger partial charge in [0.25, 0.3) is 0 Å². The normalized spacial score (nSPS) is 12.9. The third kappa shape index (κ3) is 6.71. The Balaban J connectivity index is 0.000000194. The molecule has 0 spiro atoms. The highest BCUT2D eigenvalue weighted by Crippen LogP contribution is 2.29. The summed E-state index contributed by atoms with van der Waals surface area (Å²) in [6.07, 6.45) is 4.30. The predicted octanol–water partition coefficient (Wildman–Crippen LogP) is 5.99. The van der Waals surface area contributed by atoms with E-state index in [1.54, 1.807) is 30.5 Å². The molecule has 1 aliphatic rings. The molecule has 1 saturated carbocycles. The lowest BCUT2D eigenvalue weighted by atomic mass is 9.92. The second-order valence-corrected chi connectivity index (χ2v) is 9.88. The Hall–Kier alpha value is -4.12. The van der Waals surface area contributed by atoms with E-state index in [9.17, 15) is 8.78 Å². The minimum Gasteiger partial charge on any atom is -0.387 e. The summed E-state index contributed by atoms with van der Waals surface area (Å²) in [6.45, 7) is 12.3. The molecule has 210 valence electrons. The van der Waals surface area contributed by atoms with Gasteiger partial charge in [0.2, 0.25) is 5.82 Å². The summed E-state index contributed by atoms with van der Waals surface area (Å²) >= 11 is 6.11. The average Bonchev–Trinajstić information content (AvgIpc) is 3.54. The zero-order chi connectivity index (χ0) is 28.8. The molecule has 1 aliphatic carbocycles. The first-order valence-corrected chi connectivity index (χ1v) is 13.2. The van der Waals surface area contributed by atoms with Crippen LogP contribution in [-0.4, -0.2) is 48.1 Å². The molecule has 9 nitrogen and oxygen atoms in total. The van der Waals surface area contributed by atoms with Crippen LogP contribution in [0.4, 0.5) is 14.5 Å². The van der Waals surface area contributed by atoms with Crippen molar-refractivity contribution in [2.24, 2.45) is 0 Å². The second-order valence-electron chi connectivity index (χ2n) is 9.47. The van der Waals surface area contributed by atoms with Gasteiger partial charge in [-0.2, -0.15) is 9.90 Å². The SMILES string of the molecule is C=C(NC1CCC1)c1cc(C)cc(C)c1NC.C=Cc1cc(Cn2nnc(C(F)F)n2)nn1-c1ncccc1Cl. The van der Waals surface area contributed by atoms with Gasteiger partial charge < -0.3 is 10.6 Å². The van der Waals surface area contributed by atoms with Gasteiger partial charge in [-0.05, 0) is 74.2 Å². The number of pyridine rings is 1. The molecular weight excluding hydrogens is 536 g/mol. The summed E-state index contributed by atoms with van der Waals surface area (Å²) in [7, 11) is 1.97. The van der Waals surface area contributed by atoms with E-state index in [4.69, 9.17) is 11.6 Å². The van der Waals surface area contributed by atoms with Crippen molar-refractivity contribution in [3.63, 3.8) is 0 Å². The quantitative estimate of drug-likeness (QED) is 0.256. The molecule has 2 N–H and O–H groups in total. The fourth-order valence-electron chi connectivity index (χ4n) is 4.34. The summed E-state index contributed by atoms with van der Waals surface area (Å²) in [5, 5.41) is 22.0. The first kappa shape index (κ1) is 28.9. The minimum absolute atomic E-state index is 0.0814. The lowest BCUT2D eigenvalue weighted by molar-refractivity contribution is 0.140.